The van der Waals surface area contributed by atoms with Crippen molar-refractivity contribution in [1.82, 2.24) is 0 Å². The average Bonchev–Trinajstić information content (AvgIpc) is 2.48. The molecule has 122 valence electrons. The topological polar surface area (TPSA) is 35.5 Å². The fourth-order valence-corrected chi connectivity index (χ4v) is 1.98. The molecule has 0 saturated carbocycles. The lowest BCUT2D eigenvalue weighted by Crippen LogP contribution is -2.20. The first-order valence-corrected chi connectivity index (χ1v) is 6.95. The molecular formula is C17H15F3O3. The van der Waals surface area contributed by atoms with Gasteiger partial charge in [-0.05, 0) is 36.2 Å². The summed E-state index contributed by atoms with van der Waals surface area (Å²) in [5, 5.41) is 0. The number of hydrogen-bond donors (Lipinski definition) is 0. The normalized spacial score (nSPS) is 12.5. The molecular weight excluding hydrogens is 309 g/mol. The Kier molecular flexibility index (Phi) is 5.26. The van der Waals surface area contributed by atoms with Crippen LogP contribution in [-0.4, -0.2) is 12.3 Å². The highest BCUT2D eigenvalue weighted by atomic mass is 19.4. The molecule has 0 bridgehead atoms. The summed E-state index contributed by atoms with van der Waals surface area (Å²) in [6.07, 6.45) is -4.22. The van der Waals surface area contributed by atoms with E-state index in [1.54, 1.807) is 6.92 Å². The largest absolute Gasteiger partial charge is 0.573 e. The number of esters is 1. The molecule has 0 saturated heterocycles. The number of alkyl halides is 3. The molecule has 1 atom stereocenters. The fourth-order valence-electron chi connectivity index (χ4n) is 1.98. The molecule has 0 aromatic heterocycles. The fraction of sp³-hybridized carbons (Fsp3) is 0.235. The Labute approximate surface area is 131 Å². The van der Waals surface area contributed by atoms with E-state index in [1.807, 2.05) is 30.3 Å². The molecule has 0 radical (unpaired) electrons. The van der Waals surface area contributed by atoms with Gasteiger partial charge in [0.1, 0.15) is 11.5 Å². The second kappa shape index (κ2) is 7.17. The van der Waals surface area contributed by atoms with E-state index in [0.717, 1.165) is 17.7 Å². The molecule has 0 aliphatic rings. The molecule has 6 heteroatoms. The molecule has 3 nitrogen and oxygen atoms in total. The minimum Gasteiger partial charge on any atom is -0.426 e. The van der Waals surface area contributed by atoms with Crippen LogP contribution in [0.15, 0.2) is 54.6 Å². The summed E-state index contributed by atoms with van der Waals surface area (Å²) in [5.41, 5.74) is 1.01. The molecule has 2 aromatic carbocycles. The summed E-state index contributed by atoms with van der Waals surface area (Å²) in [4.78, 5) is 12.0. The summed E-state index contributed by atoms with van der Waals surface area (Å²) < 4.78 is 45.1. The van der Waals surface area contributed by atoms with E-state index in [0.29, 0.717) is 6.42 Å². The number of rotatable bonds is 5. The van der Waals surface area contributed by atoms with Crippen molar-refractivity contribution in [2.75, 3.05) is 0 Å². The minimum atomic E-state index is -4.75. The summed E-state index contributed by atoms with van der Waals surface area (Å²) in [7, 11) is 0. The van der Waals surface area contributed by atoms with E-state index in [1.165, 1.54) is 12.1 Å². The predicted molar refractivity (Wildman–Crippen MR) is 78.1 cm³/mol. The minimum absolute atomic E-state index is 0.171. The highest BCUT2D eigenvalue weighted by molar-refractivity contribution is 5.75. The van der Waals surface area contributed by atoms with Crippen LogP contribution in [0.3, 0.4) is 0 Å². The monoisotopic (exact) mass is 324 g/mol. The predicted octanol–water partition coefficient (Wildman–Crippen LogP) is 4.37. The number of benzene rings is 2. The van der Waals surface area contributed by atoms with Crippen molar-refractivity contribution in [1.29, 1.82) is 0 Å². The number of ether oxygens (including phenoxy) is 2. The van der Waals surface area contributed by atoms with E-state index >= 15 is 0 Å². The third-order valence-electron chi connectivity index (χ3n) is 3.06. The standard InChI is InChI=1S/C17H15F3O3/c1-12(11-13-5-3-2-4-6-13)16(21)22-14-7-9-15(10-8-14)23-17(18,19)20/h2-10,12H,11H2,1H3. The Balaban J connectivity index is 1.92. The molecule has 0 aliphatic carbocycles. The summed E-state index contributed by atoms with van der Waals surface area (Å²) in [6.45, 7) is 1.73. The van der Waals surface area contributed by atoms with Crippen molar-refractivity contribution in [3.05, 3.63) is 60.2 Å². The van der Waals surface area contributed by atoms with Crippen LogP contribution in [0.4, 0.5) is 13.2 Å². The van der Waals surface area contributed by atoms with Crippen molar-refractivity contribution < 1.29 is 27.4 Å². The molecule has 0 fully saturated rings. The maximum atomic E-state index is 12.1. The SMILES string of the molecule is CC(Cc1ccccc1)C(=O)Oc1ccc(OC(F)(F)F)cc1. The second-order valence-electron chi connectivity index (χ2n) is 5.03. The third-order valence-corrected chi connectivity index (χ3v) is 3.06. The van der Waals surface area contributed by atoms with Gasteiger partial charge in [0.2, 0.25) is 0 Å². The van der Waals surface area contributed by atoms with Crippen molar-refractivity contribution in [2.24, 2.45) is 5.92 Å². The smallest absolute Gasteiger partial charge is 0.426 e. The summed E-state index contributed by atoms with van der Waals surface area (Å²) in [6, 6.07) is 14.2. The van der Waals surface area contributed by atoms with Crippen molar-refractivity contribution in [3.8, 4) is 11.5 Å². The average molecular weight is 324 g/mol. The van der Waals surface area contributed by atoms with Gasteiger partial charge in [-0.25, -0.2) is 0 Å². The number of halogens is 3. The van der Waals surface area contributed by atoms with Crippen molar-refractivity contribution in [2.45, 2.75) is 19.7 Å². The molecule has 0 N–H and O–H groups in total. The van der Waals surface area contributed by atoms with Gasteiger partial charge in [-0.1, -0.05) is 37.3 Å². The van der Waals surface area contributed by atoms with Crippen LogP contribution in [0.1, 0.15) is 12.5 Å². The summed E-state index contributed by atoms with van der Waals surface area (Å²) >= 11 is 0. The highest BCUT2D eigenvalue weighted by Gasteiger charge is 2.31. The highest BCUT2D eigenvalue weighted by Crippen LogP contribution is 2.25. The van der Waals surface area contributed by atoms with Gasteiger partial charge >= 0.3 is 12.3 Å². The van der Waals surface area contributed by atoms with Crippen LogP contribution in [0.25, 0.3) is 0 Å². The van der Waals surface area contributed by atoms with Crippen LogP contribution in [0.2, 0.25) is 0 Å². The Morgan fingerprint density at radius 3 is 2.13 bits per heavy atom. The van der Waals surface area contributed by atoms with E-state index in [9.17, 15) is 18.0 Å². The second-order valence-corrected chi connectivity index (χ2v) is 5.03. The van der Waals surface area contributed by atoms with Crippen LogP contribution >= 0.6 is 0 Å². The van der Waals surface area contributed by atoms with E-state index in [4.69, 9.17) is 4.74 Å². The molecule has 0 amide bonds. The van der Waals surface area contributed by atoms with Gasteiger partial charge in [0.05, 0.1) is 5.92 Å². The van der Waals surface area contributed by atoms with Gasteiger partial charge in [-0.2, -0.15) is 0 Å². The maximum absolute atomic E-state index is 12.1. The molecule has 2 rings (SSSR count). The van der Waals surface area contributed by atoms with Crippen LogP contribution in [0, 0.1) is 5.92 Å². The van der Waals surface area contributed by atoms with Gasteiger partial charge in [0, 0.05) is 0 Å². The number of hydrogen-bond acceptors (Lipinski definition) is 3. The quantitative estimate of drug-likeness (QED) is 0.605. The van der Waals surface area contributed by atoms with Gasteiger partial charge in [0.25, 0.3) is 0 Å². The lowest BCUT2D eigenvalue weighted by atomic mass is 10.0. The van der Waals surface area contributed by atoms with Gasteiger partial charge in [-0.15, -0.1) is 13.2 Å². The van der Waals surface area contributed by atoms with Crippen LogP contribution in [-0.2, 0) is 11.2 Å². The lowest BCUT2D eigenvalue weighted by molar-refractivity contribution is -0.274. The van der Waals surface area contributed by atoms with E-state index in [2.05, 4.69) is 4.74 Å². The Morgan fingerprint density at radius 2 is 1.57 bits per heavy atom. The first-order valence-electron chi connectivity index (χ1n) is 6.95. The molecule has 0 spiro atoms. The van der Waals surface area contributed by atoms with Gasteiger partial charge in [0.15, 0.2) is 0 Å². The first-order chi connectivity index (χ1) is 10.8. The first kappa shape index (κ1) is 16.9. The Morgan fingerprint density at radius 1 is 1.00 bits per heavy atom. The molecule has 0 aliphatic heterocycles. The number of carbonyl (C=O) groups excluding carboxylic acids is 1. The lowest BCUT2D eigenvalue weighted by Gasteiger charge is -2.12. The Bertz CT molecular complexity index is 636. The summed E-state index contributed by atoms with van der Waals surface area (Å²) in [5.74, 6) is -1.01. The molecule has 0 heterocycles. The Hall–Kier alpha value is -2.50. The number of carbonyl (C=O) groups is 1. The zero-order valence-electron chi connectivity index (χ0n) is 12.3. The molecule has 2 aromatic rings. The van der Waals surface area contributed by atoms with Gasteiger partial charge < -0.3 is 9.47 Å². The van der Waals surface area contributed by atoms with Gasteiger partial charge in [-0.3, -0.25) is 4.79 Å². The van der Waals surface area contributed by atoms with Crippen LogP contribution < -0.4 is 9.47 Å². The van der Waals surface area contributed by atoms with Crippen molar-refractivity contribution >= 4 is 5.97 Å². The van der Waals surface area contributed by atoms with Crippen LogP contribution in [0.5, 0.6) is 11.5 Å². The maximum Gasteiger partial charge on any atom is 0.573 e. The molecule has 23 heavy (non-hydrogen) atoms. The zero-order valence-corrected chi connectivity index (χ0v) is 12.3. The third kappa shape index (κ3) is 5.65. The zero-order chi connectivity index (χ0) is 16.9. The van der Waals surface area contributed by atoms with E-state index in [-0.39, 0.29) is 17.4 Å². The van der Waals surface area contributed by atoms with Crippen molar-refractivity contribution in [3.63, 3.8) is 0 Å². The molecule has 1 unspecified atom stereocenters. The van der Waals surface area contributed by atoms with E-state index < -0.39 is 12.3 Å².